The van der Waals surface area contributed by atoms with Gasteiger partial charge in [-0.25, -0.2) is 4.98 Å². The zero-order chi connectivity index (χ0) is 18.6. The molecule has 1 aliphatic carbocycles. The van der Waals surface area contributed by atoms with E-state index in [0.29, 0.717) is 5.92 Å². The first kappa shape index (κ1) is 17.8. The molecule has 0 unspecified atom stereocenters. The molecule has 0 spiro atoms. The van der Waals surface area contributed by atoms with Crippen LogP contribution in [-0.2, 0) is 0 Å². The van der Waals surface area contributed by atoms with Crippen LogP contribution in [0.2, 0.25) is 0 Å². The topological polar surface area (TPSA) is 45.7 Å². The normalized spacial score (nSPS) is 18.0. The summed E-state index contributed by atoms with van der Waals surface area (Å²) in [6, 6.07) is 12.0. The van der Waals surface area contributed by atoms with Crippen LogP contribution in [0.1, 0.15) is 47.5 Å². The van der Waals surface area contributed by atoms with Crippen molar-refractivity contribution in [1.82, 2.24) is 9.88 Å². The zero-order valence-electron chi connectivity index (χ0n) is 15.9. The van der Waals surface area contributed by atoms with Gasteiger partial charge < -0.3 is 14.5 Å². The molecule has 0 radical (unpaired) electrons. The summed E-state index contributed by atoms with van der Waals surface area (Å²) in [7, 11) is 1.67. The van der Waals surface area contributed by atoms with Crippen LogP contribution in [0.25, 0.3) is 0 Å². The minimum Gasteiger partial charge on any atom is -0.497 e. The summed E-state index contributed by atoms with van der Waals surface area (Å²) in [5.74, 6) is 2.47. The fraction of sp³-hybridized carbons (Fsp3) is 0.455. The van der Waals surface area contributed by atoms with Gasteiger partial charge in [0.25, 0.3) is 5.91 Å². The van der Waals surface area contributed by atoms with E-state index < -0.39 is 0 Å². The van der Waals surface area contributed by atoms with E-state index in [4.69, 9.17) is 4.74 Å². The molecule has 0 N–H and O–H groups in total. The molecule has 0 bridgehead atoms. The number of methoxy groups -OCH3 is 1. The number of anilines is 1. The number of carbonyl (C=O) groups excluding carboxylic acids is 1. The Labute approximate surface area is 161 Å². The highest BCUT2D eigenvalue weighted by Crippen LogP contribution is 2.38. The smallest absolute Gasteiger partial charge is 0.254 e. The number of hydrogen-bond donors (Lipinski definition) is 0. The van der Waals surface area contributed by atoms with Gasteiger partial charge in [0.2, 0.25) is 0 Å². The van der Waals surface area contributed by atoms with Crippen molar-refractivity contribution in [3.8, 4) is 5.75 Å². The molecule has 1 amide bonds. The van der Waals surface area contributed by atoms with E-state index in [9.17, 15) is 4.79 Å². The van der Waals surface area contributed by atoms with Crippen LogP contribution < -0.4 is 9.64 Å². The van der Waals surface area contributed by atoms with Gasteiger partial charge >= 0.3 is 0 Å². The number of nitrogens with zero attached hydrogens (tertiary/aromatic N) is 3. The van der Waals surface area contributed by atoms with Crippen LogP contribution >= 0.6 is 0 Å². The Morgan fingerprint density at radius 1 is 1.07 bits per heavy atom. The maximum absolute atomic E-state index is 13.2. The summed E-state index contributed by atoms with van der Waals surface area (Å²) >= 11 is 0. The second-order valence-electron chi connectivity index (χ2n) is 7.40. The van der Waals surface area contributed by atoms with Crippen molar-refractivity contribution in [2.75, 3.05) is 38.2 Å². The fourth-order valence-corrected chi connectivity index (χ4v) is 3.99. The molecular weight excluding hydrogens is 338 g/mol. The quantitative estimate of drug-likeness (QED) is 0.829. The van der Waals surface area contributed by atoms with E-state index in [1.54, 1.807) is 13.3 Å². The summed E-state index contributed by atoms with van der Waals surface area (Å²) in [4.78, 5) is 22.0. The highest BCUT2D eigenvalue weighted by molar-refractivity contribution is 5.96. The lowest BCUT2D eigenvalue weighted by molar-refractivity contribution is 0.0764. The SMILES string of the molecule is COc1ccnc(N2CCCN(C(=O)c3ccccc3C3CCC3)CC2)c1. The average molecular weight is 365 g/mol. The molecule has 0 atom stereocenters. The molecule has 1 aromatic heterocycles. The summed E-state index contributed by atoms with van der Waals surface area (Å²) in [5, 5.41) is 0. The van der Waals surface area contributed by atoms with E-state index in [1.165, 1.54) is 24.8 Å². The molecule has 2 aliphatic rings. The third kappa shape index (κ3) is 3.77. The van der Waals surface area contributed by atoms with Gasteiger partial charge in [0.05, 0.1) is 7.11 Å². The monoisotopic (exact) mass is 365 g/mol. The minimum absolute atomic E-state index is 0.179. The lowest BCUT2D eigenvalue weighted by atomic mass is 9.78. The predicted octanol–water partition coefficient (Wildman–Crippen LogP) is 3.71. The van der Waals surface area contributed by atoms with Crippen molar-refractivity contribution in [2.24, 2.45) is 0 Å². The maximum Gasteiger partial charge on any atom is 0.254 e. The third-order valence-corrected chi connectivity index (χ3v) is 5.80. The van der Waals surface area contributed by atoms with E-state index in [0.717, 1.165) is 49.7 Å². The number of hydrogen-bond acceptors (Lipinski definition) is 4. The lowest BCUT2D eigenvalue weighted by Crippen LogP contribution is -2.36. The first-order valence-electron chi connectivity index (χ1n) is 9.89. The Balaban J connectivity index is 1.47. The molecule has 4 rings (SSSR count). The van der Waals surface area contributed by atoms with Crippen molar-refractivity contribution in [3.05, 3.63) is 53.7 Å². The Morgan fingerprint density at radius 3 is 2.70 bits per heavy atom. The number of rotatable bonds is 4. The van der Waals surface area contributed by atoms with Crippen LogP contribution in [-0.4, -0.2) is 49.1 Å². The van der Waals surface area contributed by atoms with E-state index in [2.05, 4.69) is 22.0 Å². The number of pyridine rings is 1. The molecule has 1 aliphatic heterocycles. The molecule has 142 valence electrons. The number of benzene rings is 1. The van der Waals surface area contributed by atoms with Gasteiger partial charge in [-0.3, -0.25) is 4.79 Å². The predicted molar refractivity (Wildman–Crippen MR) is 107 cm³/mol. The van der Waals surface area contributed by atoms with Crippen LogP contribution in [0.15, 0.2) is 42.6 Å². The van der Waals surface area contributed by atoms with Crippen LogP contribution in [0.5, 0.6) is 5.75 Å². The molecule has 2 heterocycles. The Hall–Kier alpha value is -2.56. The third-order valence-electron chi connectivity index (χ3n) is 5.80. The molecule has 5 nitrogen and oxygen atoms in total. The molecule has 5 heteroatoms. The van der Waals surface area contributed by atoms with Gasteiger partial charge in [-0.2, -0.15) is 0 Å². The number of amides is 1. The van der Waals surface area contributed by atoms with Crippen LogP contribution in [0.3, 0.4) is 0 Å². The Bertz CT molecular complexity index is 804. The van der Waals surface area contributed by atoms with E-state index in [-0.39, 0.29) is 5.91 Å². The zero-order valence-corrected chi connectivity index (χ0v) is 15.9. The summed E-state index contributed by atoms with van der Waals surface area (Å²) in [5.41, 5.74) is 2.14. The Kier molecular flexibility index (Phi) is 5.28. The van der Waals surface area contributed by atoms with Gasteiger partial charge in [-0.1, -0.05) is 24.6 Å². The second kappa shape index (κ2) is 7.99. The molecule has 1 saturated heterocycles. The van der Waals surface area contributed by atoms with Crippen molar-refractivity contribution in [2.45, 2.75) is 31.6 Å². The summed E-state index contributed by atoms with van der Waals surface area (Å²) in [6.07, 6.45) is 6.41. The van der Waals surface area contributed by atoms with Gasteiger partial charge in [0, 0.05) is 44.0 Å². The minimum atomic E-state index is 0.179. The lowest BCUT2D eigenvalue weighted by Gasteiger charge is -2.29. The number of ether oxygens (including phenoxy) is 1. The highest BCUT2D eigenvalue weighted by Gasteiger charge is 2.27. The summed E-state index contributed by atoms with van der Waals surface area (Å²) in [6.45, 7) is 3.20. The second-order valence-corrected chi connectivity index (χ2v) is 7.40. The largest absolute Gasteiger partial charge is 0.497 e. The van der Waals surface area contributed by atoms with E-state index in [1.807, 2.05) is 29.2 Å². The van der Waals surface area contributed by atoms with Gasteiger partial charge in [0.1, 0.15) is 11.6 Å². The standard InChI is InChI=1S/C22H27N3O2/c1-27-18-10-11-23-21(16-18)24-12-5-13-25(15-14-24)22(26)20-9-3-2-8-19(20)17-6-4-7-17/h2-3,8-11,16-17H,4-7,12-15H2,1H3. The van der Waals surface area contributed by atoms with Crippen molar-refractivity contribution >= 4 is 11.7 Å². The van der Waals surface area contributed by atoms with Crippen molar-refractivity contribution in [3.63, 3.8) is 0 Å². The van der Waals surface area contributed by atoms with Gasteiger partial charge in [-0.05, 0) is 42.9 Å². The maximum atomic E-state index is 13.2. The molecule has 1 saturated carbocycles. The molecular formula is C22H27N3O2. The number of aromatic nitrogens is 1. The first-order chi connectivity index (χ1) is 13.3. The van der Waals surface area contributed by atoms with Crippen LogP contribution in [0.4, 0.5) is 5.82 Å². The molecule has 2 fully saturated rings. The van der Waals surface area contributed by atoms with Crippen molar-refractivity contribution in [1.29, 1.82) is 0 Å². The fourth-order valence-electron chi connectivity index (χ4n) is 3.99. The van der Waals surface area contributed by atoms with E-state index >= 15 is 0 Å². The van der Waals surface area contributed by atoms with Gasteiger partial charge in [-0.15, -0.1) is 0 Å². The first-order valence-corrected chi connectivity index (χ1v) is 9.89. The molecule has 1 aromatic carbocycles. The van der Waals surface area contributed by atoms with Gasteiger partial charge in [0.15, 0.2) is 0 Å². The van der Waals surface area contributed by atoms with Crippen molar-refractivity contribution < 1.29 is 9.53 Å². The highest BCUT2D eigenvalue weighted by atomic mass is 16.5. The molecule has 27 heavy (non-hydrogen) atoms. The average Bonchev–Trinajstić information content (AvgIpc) is 2.93. The Morgan fingerprint density at radius 2 is 1.93 bits per heavy atom. The van der Waals surface area contributed by atoms with Crippen LogP contribution in [0, 0.1) is 0 Å². The molecule has 2 aromatic rings. The number of carbonyl (C=O) groups is 1. The summed E-state index contributed by atoms with van der Waals surface area (Å²) < 4.78 is 5.31.